The number of carbonyl (C=O) groups is 2. The minimum Gasteiger partial charge on any atom is -0.478 e. The third-order valence-corrected chi connectivity index (χ3v) is 5.41. The molecule has 1 aliphatic heterocycles. The van der Waals surface area contributed by atoms with Crippen LogP contribution in [-0.4, -0.2) is 23.7 Å². The van der Waals surface area contributed by atoms with E-state index in [1.54, 1.807) is 25.1 Å². The molecule has 5 nitrogen and oxygen atoms in total. The van der Waals surface area contributed by atoms with Crippen LogP contribution in [0.15, 0.2) is 54.6 Å². The molecular formula is C22H21NO4. The van der Waals surface area contributed by atoms with Gasteiger partial charge in [-0.1, -0.05) is 36.4 Å². The molecule has 0 amide bonds. The molecule has 0 spiro atoms. The Bertz CT molecular complexity index is 916. The number of allylic oxidation sites excluding steroid dienone is 2. The number of hydrogen-bond donors (Lipinski definition) is 2. The highest BCUT2D eigenvalue weighted by molar-refractivity contribution is 5.97. The van der Waals surface area contributed by atoms with Crippen molar-refractivity contribution in [3.63, 3.8) is 0 Å². The van der Waals surface area contributed by atoms with Gasteiger partial charge in [-0.05, 0) is 48.6 Å². The average Bonchev–Trinajstić information content (AvgIpc) is 3.17. The summed E-state index contributed by atoms with van der Waals surface area (Å²) in [6, 6.07) is 12.7. The van der Waals surface area contributed by atoms with Crippen molar-refractivity contribution in [2.75, 3.05) is 11.9 Å². The van der Waals surface area contributed by atoms with E-state index >= 15 is 0 Å². The third kappa shape index (κ3) is 2.99. The largest absolute Gasteiger partial charge is 0.478 e. The zero-order valence-electron chi connectivity index (χ0n) is 15.0. The summed E-state index contributed by atoms with van der Waals surface area (Å²) in [6.07, 6.45) is 5.33. The lowest BCUT2D eigenvalue weighted by Gasteiger charge is -2.38. The van der Waals surface area contributed by atoms with Gasteiger partial charge in [0.25, 0.3) is 0 Å². The minimum absolute atomic E-state index is 0.00378. The van der Waals surface area contributed by atoms with Gasteiger partial charge in [0.1, 0.15) is 0 Å². The minimum atomic E-state index is -0.937. The number of hydrogen-bond acceptors (Lipinski definition) is 4. The Morgan fingerprint density at radius 3 is 2.67 bits per heavy atom. The van der Waals surface area contributed by atoms with Crippen molar-refractivity contribution in [3.8, 4) is 0 Å². The number of para-hydroxylation sites is 1. The summed E-state index contributed by atoms with van der Waals surface area (Å²) in [5.74, 6) is -0.721. The fraction of sp³-hybridized carbons (Fsp3) is 0.273. The number of esters is 1. The zero-order valence-corrected chi connectivity index (χ0v) is 15.0. The van der Waals surface area contributed by atoms with Crippen LogP contribution in [0.4, 0.5) is 5.69 Å². The Kier molecular flexibility index (Phi) is 4.44. The normalized spacial score (nSPS) is 22.5. The number of nitrogens with one attached hydrogen (secondary N) is 1. The molecule has 2 aromatic carbocycles. The lowest BCUT2D eigenvalue weighted by atomic mass is 9.76. The van der Waals surface area contributed by atoms with Crippen molar-refractivity contribution in [1.29, 1.82) is 0 Å². The number of aromatic carboxylic acids is 1. The second-order valence-electron chi connectivity index (χ2n) is 6.89. The van der Waals surface area contributed by atoms with Crippen molar-refractivity contribution in [1.82, 2.24) is 0 Å². The number of carboxylic acid groups (broad SMARTS) is 1. The van der Waals surface area contributed by atoms with Crippen LogP contribution in [0.1, 0.15) is 57.1 Å². The molecule has 2 aliphatic rings. The lowest BCUT2D eigenvalue weighted by Crippen LogP contribution is -2.30. The van der Waals surface area contributed by atoms with Gasteiger partial charge in [-0.3, -0.25) is 0 Å². The number of carboxylic acids is 1. The fourth-order valence-corrected chi connectivity index (χ4v) is 4.16. The van der Waals surface area contributed by atoms with E-state index in [0.717, 1.165) is 23.2 Å². The molecule has 138 valence electrons. The Morgan fingerprint density at radius 1 is 1.19 bits per heavy atom. The van der Waals surface area contributed by atoms with Crippen molar-refractivity contribution >= 4 is 17.6 Å². The van der Waals surface area contributed by atoms with E-state index in [9.17, 15) is 9.59 Å². The van der Waals surface area contributed by atoms with E-state index in [0.29, 0.717) is 18.1 Å². The highest BCUT2D eigenvalue weighted by atomic mass is 16.5. The van der Waals surface area contributed by atoms with Crippen LogP contribution in [0.25, 0.3) is 0 Å². The summed E-state index contributed by atoms with van der Waals surface area (Å²) >= 11 is 0. The Hall–Kier alpha value is -3.08. The van der Waals surface area contributed by atoms with E-state index in [-0.39, 0.29) is 23.5 Å². The van der Waals surface area contributed by atoms with E-state index in [2.05, 4.69) is 23.5 Å². The number of anilines is 1. The number of ether oxygens (including phenoxy) is 1. The maximum absolute atomic E-state index is 12.4. The first-order valence-electron chi connectivity index (χ1n) is 9.16. The molecular weight excluding hydrogens is 342 g/mol. The maximum atomic E-state index is 12.4. The van der Waals surface area contributed by atoms with Crippen molar-refractivity contribution in [2.24, 2.45) is 5.92 Å². The summed E-state index contributed by atoms with van der Waals surface area (Å²) in [7, 11) is 0. The third-order valence-electron chi connectivity index (χ3n) is 5.41. The molecule has 4 rings (SSSR count). The van der Waals surface area contributed by atoms with Gasteiger partial charge in [-0.15, -0.1) is 0 Å². The first-order valence-corrected chi connectivity index (χ1v) is 9.16. The van der Waals surface area contributed by atoms with Crippen LogP contribution in [0.3, 0.4) is 0 Å². The fourth-order valence-electron chi connectivity index (χ4n) is 4.16. The maximum Gasteiger partial charge on any atom is 0.340 e. The molecule has 0 unspecified atom stereocenters. The summed E-state index contributed by atoms with van der Waals surface area (Å²) in [6.45, 7) is 2.12. The first kappa shape index (κ1) is 17.3. The number of carbonyl (C=O) groups excluding carboxylic acids is 1. The first-order chi connectivity index (χ1) is 13.1. The quantitative estimate of drug-likeness (QED) is 0.622. The van der Waals surface area contributed by atoms with E-state index in [1.165, 1.54) is 0 Å². The molecule has 1 heterocycles. The van der Waals surface area contributed by atoms with E-state index in [1.807, 2.05) is 18.2 Å². The Balaban J connectivity index is 1.75. The van der Waals surface area contributed by atoms with Gasteiger partial charge in [0.2, 0.25) is 0 Å². The Morgan fingerprint density at radius 2 is 1.96 bits per heavy atom. The van der Waals surface area contributed by atoms with Gasteiger partial charge in [-0.2, -0.15) is 0 Å². The van der Waals surface area contributed by atoms with Gasteiger partial charge in [-0.25, -0.2) is 9.59 Å². The zero-order chi connectivity index (χ0) is 19.0. The highest BCUT2D eigenvalue weighted by Gasteiger charge is 2.39. The van der Waals surface area contributed by atoms with Crippen LogP contribution in [0.2, 0.25) is 0 Å². The topological polar surface area (TPSA) is 75.6 Å². The van der Waals surface area contributed by atoms with Gasteiger partial charge >= 0.3 is 11.9 Å². The van der Waals surface area contributed by atoms with Gasteiger partial charge < -0.3 is 15.2 Å². The predicted octanol–water partition coefficient (Wildman–Crippen LogP) is 4.39. The molecule has 3 atom stereocenters. The second-order valence-corrected chi connectivity index (χ2v) is 6.89. The smallest absolute Gasteiger partial charge is 0.340 e. The van der Waals surface area contributed by atoms with Crippen LogP contribution in [0.5, 0.6) is 0 Å². The van der Waals surface area contributed by atoms with Crippen molar-refractivity contribution < 1.29 is 19.4 Å². The molecule has 0 radical (unpaired) electrons. The monoisotopic (exact) mass is 363 g/mol. The summed E-state index contributed by atoms with van der Waals surface area (Å²) in [5, 5.41) is 12.7. The number of benzene rings is 2. The summed E-state index contributed by atoms with van der Waals surface area (Å²) < 4.78 is 5.23. The molecule has 0 bridgehead atoms. The van der Waals surface area contributed by atoms with Crippen molar-refractivity contribution in [2.45, 2.75) is 25.3 Å². The van der Waals surface area contributed by atoms with Crippen LogP contribution < -0.4 is 5.32 Å². The molecule has 2 aromatic rings. The van der Waals surface area contributed by atoms with Gasteiger partial charge in [0, 0.05) is 5.92 Å². The molecule has 1 aliphatic carbocycles. The van der Waals surface area contributed by atoms with Crippen LogP contribution in [-0.2, 0) is 4.74 Å². The summed E-state index contributed by atoms with van der Waals surface area (Å²) in [5.41, 5.74) is 3.75. The second kappa shape index (κ2) is 6.91. The molecule has 0 aromatic heterocycles. The summed E-state index contributed by atoms with van der Waals surface area (Å²) in [4.78, 5) is 23.6. The van der Waals surface area contributed by atoms with Crippen LogP contribution >= 0.6 is 0 Å². The SMILES string of the molecule is CCOC(=O)c1cccc2c1N[C@H](c1ccc(C(=O)O)cc1)[C@@H]1CC=C[C@H]21. The number of rotatable bonds is 4. The Labute approximate surface area is 157 Å². The van der Waals surface area contributed by atoms with Crippen molar-refractivity contribution in [3.05, 3.63) is 76.9 Å². The van der Waals surface area contributed by atoms with Crippen LogP contribution in [0, 0.1) is 5.92 Å². The molecule has 0 saturated carbocycles. The molecule has 2 N–H and O–H groups in total. The molecule has 0 saturated heterocycles. The van der Waals surface area contributed by atoms with E-state index in [4.69, 9.17) is 9.84 Å². The van der Waals surface area contributed by atoms with E-state index < -0.39 is 5.97 Å². The van der Waals surface area contributed by atoms with Gasteiger partial charge in [0.15, 0.2) is 0 Å². The predicted molar refractivity (Wildman–Crippen MR) is 102 cm³/mol. The lowest BCUT2D eigenvalue weighted by molar-refractivity contribution is 0.0526. The highest BCUT2D eigenvalue weighted by Crippen LogP contribution is 2.50. The average molecular weight is 363 g/mol. The molecule has 27 heavy (non-hydrogen) atoms. The number of fused-ring (bicyclic) bond motifs is 3. The standard InChI is InChI=1S/C22H21NO4/c1-2-27-22(26)18-8-4-7-17-15-5-3-6-16(15)19(23-20(17)18)13-9-11-14(12-10-13)21(24)25/h3-5,7-12,15-16,19,23H,2,6H2,1H3,(H,24,25)/t15-,16+,19+/m0/s1. The van der Waals surface area contributed by atoms with Gasteiger partial charge in [0.05, 0.1) is 29.5 Å². The molecule has 5 heteroatoms. The molecule has 0 fully saturated rings.